The topological polar surface area (TPSA) is 139 Å². The minimum atomic E-state index is -0.675. The molecule has 10 heteroatoms. The normalized spacial score (nSPS) is 11.2. The summed E-state index contributed by atoms with van der Waals surface area (Å²) >= 11 is 0. The van der Waals surface area contributed by atoms with Crippen LogP contribution in [-0.2, 0) is 14.3 Å². The Bertz CT molecular complexity index is 1190. The van der Waals surface area contributed by atoms with Crippen LogP contribution >= 0.6 is 0 Å². The van der Waals surface area contributed by atoms with E-state index in [2.05, 4.69) is 15.0 Å². The van der Waals surface area contributed by atoms with Crippen molar-refractivity contribution in [1.82, 2.24) is 9.55 Å². The minimum absolute atomic E-state index is 0.0731. The maximum absolute atomic E-state index is 12.6. The third-order valence-electron chi connectivity index (χ3n) is 4.21. The molecule has 3 rings (SSSR count). The van der Waals surface area contributed by atoms with E-state index >= 15 is 0 Å². The van der Waals surface area contributed by atoms with Crippen LogP contribution in [0.3, 0.4) is 0 Å². The summed E-state index contributed by atoms with van der Waals surface area (Å²) in [6.45, 7) is 6.67. The van der Waals surface area contributed by atoms with Crippen molar-refractivity contribution in [1.29, 1.82) is 0 Å². The lowest BCUT2D eigenvalue weighted by atomic mass is 10.1. The first-order valence-electron chi connectivity index (χ1n) is 9.66. The van der Waals surface area contributed by atoms with E-state index in [1.807, 2.05) is 0 Å². The van der Waals surface area contributed by atoms with Crippen molar-refractivity contribution in [2.24, 2.45) is 0 Å². The van der Waals surface area contributed by atoms with Crippen LogP contribution in [0.5, 0.6) is 0 Å². The summed E-state index contributed by atoms with van der Waals surface area (Å²) in [4.78, 5) is 40.2. The second-order valence-electron chi connectivity index (χ2n) is 7.96. The lowest BCUT2D eigenvalue weighted by Gasteiger charge is -2.20. The zero-order chi connectivity index (χ0) is 23.6. The third-order valence-corrected chi connectivity index (χ3v) is 4.21. The standard InChI is InChI=1S/C22H24N4O6/c1-12(27)24-15-7-6-13(20(29)32-22(2,3)4)8-17(15)26-10-16(25-21(26)23)18-9-14(11-31-18)19(28)30-5/h6-11H,1-5H3,(H2,23,25)(H,24,27). The van der Waals surface area contributed by atoms with Crippen molar-refractivity contribution < 1.29 is 28.3 Å². The van der Waals surface area contributed by atoms with Crippen LogP contribution in [0.1, 0.15) is 48.4 Å². The predicted octanol–water partition coefficient (Wildman–Crippen LogP) is 3.41. The molecule has 0 unspecified atom stereocenters. The maximum Gasteiger partial charge on any atom is 0.341 e. The van der Waals surface area contributed by atoms with Gasteiger partial charge in [0.05, 0.1) is 29.6 Å². The number of hydrogen-bond acceptors (Lipinski definition) is 8. The van der Waals surface area contributed by atoms with E-state index in [1.54, 1.807) is 45.2 Å². The average Bonchev–Trinajstić information content (AvgIpc) is 3.33. The molecule has 0 aliphatic rings. The number of furan rings is 1. The molecule has 0 aliphatic carbocycles. The molecule has 3 aromatic rings. The van der Waals surface area contributed by atoms with Gasteiger partial charge in [0.2, 0.25) is 11.9 Å². The fraction of sp³-hybridized carbons (Fsp3) is 0.273. The second-order valence-corrected chi connectivity index (χ2v) is 7.96. The number of esters is 2. The minimum Gasteiger partial charge on any atom is -0.465 e. The Hall–Kier alpha value is -4.08. The number of nitrogens with one attached hydrogen (secondary N) is 1. The molecule has 3 N–H and O–H groups in total. The molecule has 0 radical (unpaired) electrons. The molecule has 2 heterocycles. The van der Waals surface area contributed by atoms with E-state index in [0.717, 1.165) is 0 Å². The van der Waals surface area contributed by atoms with Crippen LogP contribution < -0.4 is 11.1 Å². The monoisotopic (exact) mass is 440 g/mol. The van der Waals surface area contributed by atoms with Crippen molar-refractivity contribution in [3.8, 4) is 17.1 Å². The molecule has 0 fully saturated rings. The summed E-state index contributed by atoms with van der Waals surface area (Å²) in [5, 5.41) is 2.71. The van der Waals surface area contributed by atoms with Crippen LogP contribution in [0.15, 0.2) is 41.1 Å². The van der Waals surface area contributed by atoms with E-state index in [9.17, 15) is 14.4 Å². The number of amides is 1. The zero-order valence-corrected chi connectivity index (χ0v) is 18.4. The molecule has 0 aliphatic heterocycles. The van der Waals surface area contributed by atoms with Crippen LogP contribution in [0.2, 0.25) is 0 Å². The van der Waals surface area contributed by atoms with Gasteiger partial charge < -0.3 is 24.9 Å². The fourth-order valence-corrected chi connectivity index (χ4v) is 2.89. The lowest BCUT2D eigenvalue weighted by molar-refractivity contribution is -0.114. The Kier molecular flexibility index (Phi) is 6.06. The van der Waals surface area contributed by atoms with Gasteiger partial charge >= 0.3 is 11.9 Å². The second kappa shape index (κ2) is 8.58. The highest BCUT2D eigenvalue weighted by Gasteiger charge is 2.21. The van der Waals surface area contributed by atoms with Crippen LogP contribution in [0.4, 0.5) is 11.6 Å². The summed E-state index contributed by atoms with van der Waals surface area (Å²) < 4.78 is 17.0. The number of ether oxygens (including phenoxy) is 2. The Labute approximate surface area is 184 Å². The molecule has 0 saturated heterocycles. The van der Waals surface area contributed by atoms with Gasteiger partial charge in [0.1, 0.15) is 17.6 Å². The van der Waals surface area contributed by atoms with Crippen LogP contribution in [0.25, 0.3) is 17.1 Å². The van der Waals surface area contributed by atoms with E-state index in [-0.39, 0.29) is 23.0 Å². The molecule has 0 spiro atoms. The number of nitrogens with zero attached hydrogens (tertiary/aromatic N) is 2. The number of carbonyl (C=O) groups is 3. The van der Waals surface area contributed by atoms with Crippen molar-refractivity contribution in [3.63, 3.8) is 0 Å². The average molecular weight is 440 g/mol. The van der Waals surface area contributed by atoms with Gasteiger partial charge in [-0.2, -0.15) is 0 Å². The number of rotatable bonds is 5. The highest BCUT2D eigenvalue weighted by atomic mass is 16.6. The first-order valence-corrected chi connectivity index (χ1v) is 9.66. The highest BCUT2D eigenvalue weighted by molar-refractivity contribution is 5.95. The summed E-state index contributed by atoms with van der Waals surface area (Å²) in [5.74, 6) is -1.01. The summed E-state index contributed by atoms with van der Waals surface area (Å²) in [6.07, 6.45) is 2.82. The SMILES string of the molecule is COC(=O)c1coc(-c2cn(-c3cc(C(=O)OC(C)(C)C)ccc3NC(C)=O)c(N)n2)c1. The van der Waals surface area contributed by atoms with E-state index < -0.39 is 17.5 Å². The number of anilines is 2. The Morgan fingerprint density at radius 2 is 1.84 bits per heavy atom. The van der Waals surface area contributed by atoms with Gasteiger partial charge in [-0.3, -0.25) is 9.36 Å². The molecule has 0 saturated carbocycles. The van der Waals surface area contributed by atoms with Gasteiger partial charge in [0, 0.05) is 19.2 Å². The summed E-state index contributed by atoms with van der Waals surface area (Å²) in [7, 11) is 1.27. The predicted molar refractivity (Wildman–Crippen MR) is 116 cm³/mol. The van der Waals surface area contributed by atoms with Gasteiger partial charge in [-0.25, -0.2) is 14.6 Å². The highest BCUT2D eigenvalue weighted by Crippen LogP contribution is 2.29. The van der Waals surface area contributed by atoms with Crippen LogP contribution in [-0.4, -0.2) is 40.1 Å². The number of methoxy groups -OCH3 is 1. The largest absolute Gasteiger partial charge is 0.465 e. The molecule has 2 aromatic heterocycles. The number of hydrogen-bond donors (Lipinski definition) is 2. The Morgan fingerprint density at radius 1 is 1.12 bits per heavy atom. The number of nitrogen functional groups attached to an aromatic ring is 1. The quantitative estimate of drug-likeness (QED) is 0.576. The Balaban J connectivity index is 2.06. The molecule has 168 valence electrons. The molecular formula is C22H24N4O6. The zero-order valence-electron chi connectivity index (χ0n) is 18.4. The maximum atomic E-state index is 12.6. The fourth-order valence-electron chi connectivity index (χ4n) is 2.89. The molecule has 1 amide bonds. The van der Waals surface area contributed by atoms with Gasteiger partial charge in [-0.15, -0.1) is 0 Å². The van der Waals surface area contributed by atoms with Gasteiger partial charge in [0.15, 0.2) is 5.76 Å². The molecule has 10 nitrogen and oxygen atoms in total. The first kappa shape index (κ1) is 22.6. The summed E-state index contributed by atoms with van der Waals surface area (Å²) in [6, 6.07) is 6.15. The number of benzene rings is 1. The van der Waals surface area contributed by atoms with Crippen LogP contribution in [0, 0.1) is 0 Å². The number of imidazole rings is 1. The smallest absolute Gasteiger partial charge is 0.341 e. The number of aromatic nitrogens is 2. The van der Waals surface area contributed by atoms with Crippen molar-refractivity contribution in [2.45, 2.75) is 33.3 Å². The van der Waals surface area contributed by atoms with Crippen molar-refractivity contribution in [3.05, 3.63) is 47.9 Å². The van der Waals surface area contributed by atoms with Gasteiger partial charge in [-0.05, 0) is 39.0 Å². The van der Waals surface area contributed by atoms with Crippen molar-refractivity contribution >= 4 is 29.5 Å². The molecule has 0 bridgehead atoms. The number of carbonyl (C=O) groups excluding carboxylic acids is 3. The summed E-state index contributed by atoms with van der Waals surface area (Å²) in [5.41, 5.74) is 7.09. The first-order chi connectivity index (χ1) is 15.0. The third kappa shape index (κ3) is 4.97. The molecule has 0 atom stereocenters. The Morgan fingerprint density at radius 3 is 2.47 bits per heavy atom. The molecule has 32 heavy (non-hydrogen) atoms. The van der Waals surface area contributed by atoms with Gasteiger partial charge in [-0.1, -0.05) is 0 Å². The molecule has 1 aromatic carbocycles. The number of nitrogens with two attached hydrogens (primary N) is 1. The van der Waals surface area contributed by atoms with E-state index in [0.29, 0.717) is 22.8 Å². The van der Waals surface area contributed by atoms with E-state index in [1.165, 1.54) is 30.9 Å². The lowest BCUT2D eigenvalue weighted by Crippen LogP contribution is -2.24. The molecular weight excluding hydrogens is 416 g/mol. The van der Waals surface area contributed by atoms with E-state index in [4.69, 9.17) is 14.9 Å². The van der Waals surface area contributed by atoms with Crippen molar-refractivity contribution in [2.75, 3.05) is 18.2 Å². The van der Waals surface area contributed by atoms with Gasteiger partial charge in [0.25, 0.3) is 0 Å².